The lowest BCUT2D eigenvalue weighted by molar-refractivity contribution is -0.119. The van der Waals surface area contributed by atoms with Crippen LogP contribution in [0, 0.1) is 10.8 Å². The van der Waals surface area contributed by atoms with Crippen molar-refractivity contribution in [3.05, 3.63) is 76.6 Å². The maximum absolute atomic E-state index is 13.5. The average Bonchev–Trinajstić information content (AvgIpc) is 2.85. The van der Waals surface area contributed by atoms with Crippen molar-refractivity contribution in [1.29, 1.82) is 0 Å². The molecule has 0 saturated heterocycles. The first kappa shape index (κ1) is 26.7. The van der Waals surface area contributed by atoms with Gasteiger partial charge in [0.05, 0.1) is 7.11 Å². The number of anilines is 1. The lowest BCUT2D eigenvalue weighted by Crippen LogP contribution is -2.42. The monoisotopic (exact) mass is 528 g/mol. The van der Waals surface area contributed by atoms with Crippen LogP contribution in [0.25, 0.3) is 0 Å². The molecule has 0 atom stereocenters. The maximum Gasteiger partial charge on any atom is 0.262 e. The standard InChI is InChI=1S/C32H36N2O5/c1-31(2)14-23-29(25(35)16-31)28(30-24(34-23)15-32(3,4)17-26(30)36)19-7-6-8-22(13-19)39-18-27(37)33-20-9-11-21(38-5)12-10-20/h6-13,28,34H,14-18H2,1-5H3,(H,33,37). The van der Waals surface area contributed by atoms with E-state index >= 15 is 0 Å². The minimum atomic E-state index is -0.444. The molecule has 0 bridgehead atoms. The van der Waals surface area contributed by atoms with Crippen LogP contribution >= 0.6 is 0 Å². The summed E-state index contributed by atoms with van der Waals surface area (Å²) in [4.78, 5) is 39.6. The molecule has 2 aromatic carbocycles. The van der Waals surface area contributed by atoms with Crippen LogP contribution in [0.1, 0.15) is 64.9 Å². The van der Waals surface area contributed by atoms with Crippen molar-refractivity contribution in [2.24, 2.45) is 10.8 Å². The van der Waals surface area contributed by atoms with Crippen LogP contribution in [0.2, 0.25) is 0 Å². The maximum atomic E-state index is 13.5. The zero-order chi connectivity index (χ0) is 27.9. The number of carbonyl (C=O) groups is 3. The Hall–Kier alpha value is -3.87. The van der Waals surface area contributed by atoms with Crippen molar-refractivity contribution < 1.29 is 23.9 Å². The second-order valence-corrected chi connectivity index (χ2v) is 12.4. The first-order valence-corrected chi connectivity index (χ1v) is 13.4. The lowest BCUT2D eigenvalue weighted by atomic mass is 9.64. The van der Waals surface area contributed by atoms with Gasteiger partial charge in [0.2, 0.25) is 0 Å². The molecule has 1 aliphatic heterocycles. The van der Waals surface area contributed by atoms with E-state index in [0.717, 1.165) is 29.8 Å². The van der Waals surface area contributed by atoms with E-state index in [9.17, 15) is 14.4 Å². The van der Waals surface area contributed by atoms with Gasteiger partial charge in [0.1, 0.15) is 11.5 Å². The van der Waals surface area contributed by atoms with E-state index in [-0.39, 0.29) is 34.9 Å². The third-order valence-electron chi connectivity index (χ3n) is 7.65. The van der Waals surface area contributed by atoms with E-state index in [2.05, 4.69) is 38.3 Å². The molecule has 3 aliphatic rings. The van der Waals surface area contributed by atoms with Crippen LogP contribution in [0.15, 0.2) is 71.1 Å². The second-order valence-electron chi connectivity index (χ2n) is 12.4. The predicted octanol–water partition coefficient (Wildman–Crippen LogP) is 5.69. The Morgan fingerprint density at radius 3 is 2.03 bits per heavy atom. The Bertz CT molecular complexity index is 1350. The quantitative estimate of drug-likeness (QED) is 0.501. The Kier molecular flexibility index (Phi) is 6.87. The molecule has 7 heteroatoms. The number of benzene rings is 2. The molecule has 2 aromatic rings. The molecular weight excluding hydrogens is 492 g/mol. The van der Waals surface area contributed by atoms with E-state index in [0.29, 0.717) is 41.2 Å². The molecule has 7 nitrogen and oxygen atoms in total. The van der Waals surface area contributed by atoms with E-state index in [1.807, 2.05) is 18.2 Å². The number of Topliss-reactive ketones (excluding diaryl/α,β-unsaturated/α-hetero) is 2. The number of hydrogen-bond donors (Lipinski definition) is 2. The summed E-state index contributed by atoms with van der Waals surface area (Å²) < 4.78 is 11.0. The molecule has 39 heavy (non-hydrogen) atoms. The van der Waals surface area contributed by atoms with Gasteiger partial charge in [-0.25, -0.2) is 0 Å². The second kappa shape index (κ2) is 10.0. The minimum Gasteiger partial charge on any atom is -0.497 e. The van der Waals surface area contributed by atoms with Gasteiger partial charge in [0.15, 0.2) is 18.2 Å². The molecule has 0 aromatic heterocycles. The number of nitrogens with one attached hydrogen (secondary N) is 2. The summed E-state index contributed by atoms with van der Waals surface area (Å²) in [6.07, 6.45) is 2.37. The highest BCUT2D eigenvalue weighted by atomic mass is 16.5. The van der Waals surface area contributed by atoms with Gasteiger partial charge in [0.25, 0.3) is 5.91 Å². The van der Waals surface area contributed by atoms with Gasteiger partial charge < -0.3 is 20.1 Å². The fourth-order valence-electron chi connectivity index (χ4n) is 6.03. The molecule has 5 rings (SSSR count). The third kappa shape index (κ3) is 5.63. The van der Waals surface area contributed by atoms with Crippen molar-refractivity contribution in [3.63, 3.8) is 0 Å². The lowest BCUT2D eigenvalue weighted by Gasteiger charge is -2.44. The number of hydrogen-bond acceptors (Lipinski definition) is 6. The smallest absolute Gasteiger partial charge is 0.262 e. The Morgan fingerprint density at radius 1 is 0.872 bits per heavy atom. The van der Waals surface area contributed by atoms with Crippen LogP contribution in [-0.2, 0) is 14.4 Å². The van der Waals surface area contributed by atoms with Crippen molar-refractivity contribution in [2.45, 2.75) is 59.3 Å². The van der Waals surface area contributed by atoms with E-state index < -0.39 is 5.92 Å². The highest BCUT2D eigenvalue weighted by molar-refractivity contribution is 6.06. The number of rotatable bonds is 6. The van der Waals surface area contributed by atoms with Crippen LogP contribution < -0.4 is 20.1 Å². The Balaban J connectivity index is 1.42. The summed E-state index contributed by atoms with van der Waals surface area (Å²) in [7, 11) is 1.59. The summed E-state index contributed by atoms with van der Waals surface area (Å²) >= 11 is 0. The predicted molar refractivity (Wildman–Crippen MR) is 150 cm³/mol. The SMILES string of the molecule is COc1ccc(NC(=O)COc2cccc(C3C4=C(CC(C)(C)CC4=O)NC4=C3C(=O)CC(C)(C)C4)c2)cc1. The number of allylic oxidation sites excluding steroid dienone is 4. The van der Waals surface area contributed by atoms with Crippen molar-refractivity contribution in [1.82, 2.24) is 5.32 Å². The first-order valence-electron chi connectivity index (χ1n) is 13.4. The number of ketones is 2. The number of ether oxygens (including phenoxy) is 2. The van der Waals surface area contributed by atoms with Gasteiger partial charge in [-0.05, 0) is 65.6 Å². The van der Waals surface area contributed by atoms with Crippen molar-refractivity contribution in [3.8, 4) is 11.5 Å². The molecule has 1 heterocycles. The van der Waals surface area contributed by atoms with Gasteiger partial charge in [-0.3, -0.25) is 14.4 Å². The molecule has 0 unspecified atom stereocenters. The topological polar surface area (TPSA) is 93.7 Å². The van der Waals surface area contributed by atoms with Crippen molar-refractivity contribution >= 4 is 23.2 Å². The van der Waals surface area contributed by atoms with Crippen LogP contribution in [0.3, 0.4) is 0 Å². The first-order chi connectivity index (χ1) is 18.4. The molecule has 2 aliphatic carbocycles. The molecule has 1 amide bonds. The highest BCUT2D eigenvalue weighted by Crippen LogP contribution is 2.51. The molecule has 0 radical (unpaired) electrons. The third-order valence-corrected chi connectivity index (χ3v) is 7.65. The molecular formula is C32H36N2O5. The van der Waals surface area contributed by atoms with Gasteiger partial charge in [-0.2, -0.15) is 0 Å². The normalized spacial score (nSPS) is 20.1. The zero-order valence-electron chi connectivity index (χ0n) is 23.3. The molecule has 0 spiro atoms. The summed E-state index contributed by atoms with van der Waals surface area (Å²) in [5, 5.41) is 6.35. The number of amides is 1. The largest absolute Gasteiger partial charge is 0.497 e. The van der Waals surface area contributed by atoms with E-state index in [1.165, 1.54) is 0 Å². The summed E-state index contributed by atoms with van der Waals surface area (Å²) in [6.45, 7) is 8.25. The van der Waals surface area contributed by atoms with Crippen LogP contribution in [-0.4, -0.2) is 31.2 Å². The van der Waals surface area contributed by atoms with E-state index in [4.69, 9.17) is 9.47 Å². The Morgan fingerprint density at radius 2 is 1.46 bits per heavy atom. The molecule has 2 N–H and O–H groups in total. The van der Waals surface area contributed by atoms with E-state index in [1.54, 1.807) is 37.4 Å². The van der Waals surface area contributed by atoms with Crippen LogP contribution in [0.4, 0.5) is 5.69 Å². The minimum absolute atomic E-state index is 0.0770. The fourth-order valence-corrected chi connectivity index (χ4v) is 6.03. The van der Waals surface area contributed by atoms with Gasteiger partial charge in [-0.15, -0.1) is 0 Å². The Labute approximate surface area is 229 Å². The molecule has 204 valence electrons. The highest BCUT2D eigenvalue weighted by Gasteiger charge is 2.46. The number of methoxy groups -OCH3 is 1. The summed E-state index contributed by atoms with van der Waals surface area (Å²) in [5.74, 6) is 0.626. The van der Waals surface area contributed by atoms with Gasteiger partial charge in [0, 0.05) is 47.0 Å². The number of carbonyl (C=O) groups excluding carboxylic acids is 3. The average molecular weight is 529 g/mol. The fraction of sp³-hybridized carbons (Fsp3) is 0.406. The van der Waals surface area contributed by atoms with Crippen molar-refractivity contribution in [2.75, 3.05) is 19.0 Å². The number of dihydropyridines is 1. The summed E-state index contributed by atoms with van der Waals surface area (Å²) in [6, 6.07) is 14.5. The van der Waals surface area contributed by atoms with Gasteiger partial charge in [-0.1, -0.05) is 39.8 Å². The van der Waals surface area contributed by atoms with Gasteiger partial charge >= 0.3 is 0 Å². The van der Waals surface area contributed by atoms with Crippen LogP contribution in [0.5, 0.6) is 11.5 Å². The summed E-state index contributed by atoms with van der Waals surface area (Å²) in [5.41, 5.74) is 4.40. The zero-order valence-corrected chi connectivity index (χ0v) is 23.3. The molecule has 0 fully saturated rings. The molecule has 0 saturated carbocycles.